The summed E-state index contributed by atoms with van der Waals surface area (Å²) in [5.74, 6) is 0. The van der Waals surface area contributed by atoms with E-state index in [1.165, 1.54) is 0 Å². The maximum atomic E-state index is 8.71. The van der Waals surface area contributed by atoms with Crippen LogP contribution in [0, 0.1) is 16.7 Å². The van der Waals surface area contributed by atoms with Gasteiger partial charge in [-0.25, -0.2) is 0 Å². The molecule has 0 saturated heterocycles. The van der Waals surface area contributed by atoms with E-state index < -0.39 is 0 Å². The molecule has 0 atom stereocenters. The molecule has 0 amide bonds. The van der Waals surface area contributed by atoms with Gasteiger partial charge in [-0.05, 0) is 29.8 Å². The molecule has 1 aromatic carbocycles. The van der Waals surface area contributed by atoms with Gasteiger partial charge in [-0.2, -0.15) is 5.26 Å². The first-order chi connectivity index (χ1) is 6.40. The molecule has 2 heteroatoms. The molecule has 1 aromatic heterocycles. The molecule has 2 rings (SSSR count). The molecule has 0 N–H and O–H groups in total. The molecule has 1 heterocycles. The molecule has 0 unspecified atom stereocenters. The fraction of sp³-hybridized carbons (Fsp3) is 0. The van der Waals surface area contributed by atoms with E-state index >= 15 is 0 Å². The van der Waals surface area contributed by atoms with Crippen LogP contribution in [0.2, 0.25) is 0 Å². The fourth-order valence-electron chi connectivity index (χ4n) is 1.14. The molecule has 61 valence electrons. The van der Waals surface area contributed by atoms with E-state index in [-0.39, 0.29) is 0 Å². The highest BCUT2D eigenvalue weighted by Crippen LogP contribution is 2.24. The van der Waals surface area contributed by atoms with Crippen LogP contribution in [0.25, 0.3) is 10.4 Å². The van der Waals surface area contributed by atoms with Crippen molar-refractivity contribution in [2.24, 2.45) is 0 Å². The van der Waals surface area contributed by atoms with E-state index in [0.29, 0.717) is 5.56 Å². The number of nitrogens with zero attached hydrogens (tertiary/aromatic N) is 1. The molecule has 0 bridgehead atoms. The van der Waals surface area contributed by atoms with Gasteiger partial charge in [0.1, 0.15) is 0 Å². The summed E-state index contributed by atoms with van der Waals surface area (Å²) in [5.41, 5.74) is 1.79. The van der Waals surface area contributed by atoms with Gasteiger partial charge in [-0.3, -0.25) is 0 Å². The molecule has 1 radical (unpaired) electrons. The molecule has 0 fully saturated rings. The van der Waals surface area contributed by atoms with Crippen molar-refractivity contribution >= 4 is 11.3 Å². The third kappa shape index (κ3) is 1.61. The van der Waals surface area contributed by atoms with Gasteiger partial charge in [-0.15, -0.1) is 11.3 Å². The minimum Gasteiger partial charge on any atom is -0.192 e. The van der Waals surface area contributed by atoms with Crippen LogP contribution in [-0.4, -0.2) is 0 Å². The standard InChI is InChI=1S/C11H6NS/c12-8-9-3-1-4-10(7-9)11-5-2-6-13-11/h1-5,7H. The first-order valence-corrected chi connectivity index (χ1v) is 4.68. The number of benzene rings is 1. The van der Waals surface area contributed by atoms with Crippen LogP contribution >= 0.6 is 11.3 Å². The summed E-state index contributed by atoms with van der Waals surface area (Å²) in [6.07, 6.45) is 0. The molecular weight excluding hydrogens is 178 g/mol. The van der Waals surface area contributed by atoms with Crippen molar-refractivity contribution in [1.29, 1.82) is 5.26 Å². The Hall–Kier alpha value is -1.59. The van der Waals surface area contributed by atoms with Gasteiger partial charge < -0.3 is 0 Å². The van der Waals surface area contributed by atoms with Crippen molar-refractivity contribution in [3.05, 3.63) is 47.3 Å². The number of hydrogen-bond donors (Lipinski definition) is 0. The molecule has 0 aliphatic heterocycles. The summed E-state index contributed by atoms with van der Waals surface area (Å²) >= 11 is 1.56. The molecule has 0 aliphatic carbocycles. The predicted octanol–water partition coefficient (Wildman–Crippen LogP) is 3.09. The minimum absolute atomic E-state index is 0.700. The zero-order valence-electron chi connectivity index (χ0n) is 6.82. The van der Waals surface area contributed by atoms with Crippen LogP contribution in [0.4, 0.5) is 0 Å². The van der Waals surface area contributed by atoms with Crippen LogP contribution in [0.1, 0.15) is 5.56 Å². The minimum atomic E-state index is 0.700. The Morgan fingerprint density at radius 1 is 1.31 bits per heavy atom. The van der Waals surface area contributed by atoms with Crippen molar-refractivity contribution in [3.63, 3.8) is 0 Å². The maximum Gasteiger partial charge on any atom is 0.0991 e. The van der Waals surface area contributed by atoms with Crippen LogP contribution in [-0.2, 0) is 0 Å². The number of hydrogen-bond acceptors (Lipinski definition) is 2. The zero-order chi connectivity index (χ0) is 9.10. The van der Waals surface area contributed by atoms with E-state index in [0.717, 1.165) is 10.4 Å². The Morgan fingerprint density at radius 2 is 2.23 bits per heavy atom. The van der Waals surface area contributed by atoms with Gasteiger partial charge in [0, 0.05) is 10.3 Å². The Balaban J connectivity index is 2.49. The van der Waals surface area contributed by atoms with Gasteiger partial charge in [0.2, 0.25) is 0 Å². The van der Waals surface area contributed by atoms with Gasteiger partial charge in [0.15, 0.2) is 0 Å². The normalized spacial score (nSPS) is 9.46. The molecular formula is C11H6NS. The van der Waals surface area contributed by atoms with Crippen molar-refractivity contribution < 1.29 is 0 Å². The van der Waals surface area contributed by atoms with Gasteiger partial charge in [-0.1, -0.05) is 12.1 Å². The lowest BCUT2D eigenvalue weighted by atomic mass is 10.1. The Kier molecular flexibility index (Phi) is 2.11. The summed E-state index contributed by atoms with van der Waals surface area (Å²) in [6, 6.07) is 13.6. The van der Waals surface area contributed by atoms with E-state index in [1.807, 2.05) is 30.3 Å². The summed E-state index contributed by atoms with van der Waals surface area (Å²) in [4.78, 5) is 1.15. The van der Waals surface area contributed by atoms with Crippen LogP contribution in [0.15, 0.2) is 36.4 Å². The quantitative estimate of drug-likeness (QED) is 0.668. The SMILES string of the molecule is N#Cc1cccc(-c2cc[c]s2)c1. The molecule has 2 aromatic rings. The van der Waals surface area contributed by atoms with Crippen molar-refractivity contribution in [2.75, 3.05) is 0 Å². The summed E-state index contributed by atoms with van der Waals surface area (Å²) in [6.45, 7) is 0. The van der Waals surface area contributed by atoms with Crippen molar-refractivity contribution in [3.8, 4) is 16.5 Å². The predicted molar refractivity (Wildman–Crippen MR) is 53.3 cm³/mol. The lowest BCUT2D eigenvalue weighted by molar-refractivity contribution is 1.49. The topological polar surface area (TPSA) is 23.8 Å². The smallest absolute Gasteiger partial charge is 0.0991 e. The van der Waals surface area contributed by atoms with Crippen molar-refractivity contribution in [1.82, 2.24) is 0 Å². The van der Waals surface area contributed by atoms with E-state index in [1.54, 1.807) is 17.4 Å². The highest BCUT2D eigenvalue weighted by molar-refractivity contribution is 7.13. The van der Waals surface area contributed by atoms with Gasteiger partial charge in [0.25, 0.3) is 0 Å². The Morgan fingerprint density at radius 3 is 2.92 bits per heavy atom. The van der Waals surface area contributed by atoms with E-state index in [9.17, 15) is 0 Å². The average molecular weight is 184 g/mol. The number of thiophene rings is 1. The van der Waals surface area contributed by atoms with Gasteiger partial charge in [0.05, 0.1) is 11.6 Å². The first-order valence-electron chi connectivity index (χ1n) is 3.86. The van der Waals surface area contributed by atoms with Crippen LogP contribution < -0.4 is 0 Å². The van der Waals surface area contributed by atoms with E-state index in [2.05, 4.69) is 11.4 Å². The molecule has 0 saturated carbocycles. The third-order valence-corrected chi connectivity index (χ3v) is 2.59. The van der Waals surface area contributed by atoms with Gasteiger partial charge >= 0.3 is 0 Å². The summed E-state index contributed by atoms with van der Waals surface area (Å²) < 4.78 is 0. The Labute approximate surface area is 80.9 Å². The third-order valence-electron chi connectivity index (χ3n) is 1.75. The summed E-state index contributed by atoms with van der Waals surface area (Å²) in [7, 11) is 0. The monoisotopic (exact) mass is 184 g/mol. The second-order valence-electron chi connectivity index (χ2n) is 2.61. The molecule has 1 nitrogen and oxygen atoms in total. The molecule has 0 aliphatic rings. The summed E-state index contributed by atoms with van der Waals surface area (Å²) in [5, 5.41) is 11.7. The Bertz CT molecular complexity index is 437. The van der Waals surface area contributed by atoms with Crippen LogP contribution in [0.3, 0.4) is 0 Å². The lowest BCUT2D eigenvalue weighted by Gasteiger charge is -1.96. The highest BCUT2D eigenvalue weighted by atomic mass is 32.1. The largest absolute Gasteiger partial charge is 0.192 e. The molecule has 13 heavy (non-hydrogen) atoms. The average Bonchev–Trinajstić information content (AvgIpc) is 2.71. The second kappa shape index (κ2) is 3.42. The lowest BCUT2D eigenvalue weighted by Crippen LogP contribution is -1.75. The van der Waals surface area contributed by atoms with Crippen molar-refractivity contribution in [2.45, 2.75) is 0 Å². The second-order valence-corrected chi connectivity index (χ2v) is 3.49. The molecule has 0 spiro atoms. The fourth-order valence-corrected chi connectivity index (χ4v) is 1.78. The highest BCUT2D eigenvalue weighted by Gasteiger charge is 1.98. The first kappa shape index (κ1) is 8.03. The van der Waals surface area contributed by atoms with Crippen LogP contribution in [0.5, 0.6) is 0 Å². The number of rotatable bonds is 1. The maximum absolute atomic E-state index is 8.71. The zero-order valence-corrected chi connectivity index (χ0v) is 7.64. The number of nitriles is 1. The van der Waals surface area contributed by atoms with E-state index in [4.69, 9.17) is 5.26 Å².